The number of piperidine rings is 1. The highest BCUT2D eigenvalue weighted by molar-refractivity contribution is 5.95. The molecule has 1 aliphatic rings. The Morgan fingerprint density at radius 2 is 2.14 bits per heavy atom. The summed E-state index contributed by atoms with van der Waals surface area (Å²) in [6.07, 6.45) is 3.66. The topological polar surface area (TPSA) is 55.6 Å². The fraction of sp³-hybridized carbons (Fsp3) is 0.438. The number of benzene rings is 1. The van der Waals surface area contributed by atoms with Gasteiger partial charge in [0.25, 0.3) is 0 Å². The molecule has 0 saturated carbocycles. The molecule has 116 valence electrons. The number of halogens is 1. The van der Waals surface area contributed by atoms with E-state index in [-0.39, 0.29) is 24.4 Å². The molecule has 1 unspecified atom stereocenters. The average Bonchev–Trinajstić information content (AvgIpc) is 2.47. The van der Waals surface area contributed by atoms with Gasteiger partial charge in [-0.25, -0.2) is 0 Å². The summed E-state index contributed by atoms with van der Waals surface area (Å²) >= 11 is 0. The van der Waals surface area contributed by atoms with Gasteiger partial charge >= 0.3 is 0 Å². The minimum atomic E-state index is 0. The normalized spacial score (nSPS) is 18.9. The summed E-state index contributed by atoms with van der Waals surface area (Å²) in [7, 11) is 1.64. The maximum Gasteiger partial charge on any atom is 0.246 e. The average molecular weight is 311 g/mol. The maximum absolute atomic E-state index is 12.3. The molecule has 1 aromatic carbocycles. The number of likely N-dealkylation sites (tertiary alicyclic amines) is 1. The number of allylic oxidation sites excluding steroid dienone is 1. The minimum absolute atomic E-state index is 0. The van der Waals surface area contributed by atoms with Crippen LogP contribution >= 0.6 is 12.4 Å². The second kappa shape index (κ2) is 8.05. The van der Waals surface area contributed by atoms with E-state index in [1.165, 1.54) is 0 Å². The van der Waals surface area contributed by atoms with E-state index in [1.807, 2.05) is 36.1 Å². The van der Waals surface area contributed by atoms with E-state index in [9.17, 15) is 4.79 Å². The van der Waals surface area contributed by atoms with Crippen LogP contribution in [0.1, 0.15) is 25.3 Å². The highest BCUT2D eigenvalue weighted by atomic mass is 35.5. The van der Waals surface area contributed by atoms with Crippen LogP contribution < -0.4 is 10.5 Å². The number of methoxy groups -OCH3 is 1. The van der Waals surface area contributed by atoms with Crippen LogP contribution in [0.15, 0.2) is 30.3 Å². The molecule has 1 heterocycles. The summed E-state index contributed by atoms with van der Waals surface area (Å²) in [5.41, 5.74) is 7.77. The van der Waals surface area contributed by atoms with Crippen molar-refractivity contribution in [2.75, 3.05) is 20.2 Å². The number of carbonyl (C=O) groups excluding carboxylic acids is 1. The van der Waals surface area contributed by atoms with Crippen molar-refractivity contribution in [3.63, 3.8) is 0 Å². The molecule has 1 fully saturated rings. The molecular weight excluding hydrogens is 288 g/mol. The molecule has 0 bridgehead atoms. The first-order valence-corrected chi connectivity index (χ1v) is 6.98. The van der Waals surface area contributed by atoms with E-state index in [0.29, 0.717) is 6.54 Å². The van der Waals surface area contributed by atoms with Crippen LogP contribution in [0, 0.1) is 0 Å². The van der Waals surface area contributed by atoms with Crippen molar-refractivity contribution < 1.29 is 9.53 Å². The van der Waals surface area contributed by atoms with E-state index in [4.69, 9.17) is 10.5 Å². The number of nitrogens with zero attached hydrogens (tertiary/aromatic N) is 1. The van der Waals surface area contributed by atoms with Gasteiger partial charge in [0.15, 0.2) is 0 Å². The van der Waals surface area contributed by atoms with Crippen LogP contribution in [0.3, 0.4) is 0 Å². The Bertz CT molecular complexity index is 517. The molecule has 1 aromatic rings. The SMILES string of the molecule is COc1ccccc1C(C)=CC(=O)N1CCCC(N)C1.Cl. The molecule has 4 nitrogen and oxygen atoms in total. The van der Waals surface area contributed by atoms with E-state index in [0.717, 1.165) is 36.3 Å². The monoisotopic (exact) mass is 310 g/mol. The van der Waals surface area contributed by atoms with Crippen molar-refractivity contribution in [2.24, 2.45) is 5.73 Å². The van der Waals surface area contributed by atoms with Gasteiger partial charge in [-0.3, -0.25) is 4.79 Å². The van der Waals surface area contributed by atoms with Crippen LogP contribution in [0.25, 0.3) is 5.57 Å². The first-order chi connectivity index (χ1) is 9.61. The molecule has 1 atom stereocenters. The summed E-state index contributed by atoms with van der Waals surface area (Å²) in [6, 6.07) is 7.82. The Hall–Kier alpha value is -1.52. The van der Waals surface area contributed by atoms with Gasteiger partial charge in [-0.05, 0) is 31.4 Å². The number of hydrogen-bond acceptors (Lipinski definition) is 3. The maximum atomic E-state index is 12.3. The Labute approximate surface area is 132 Å². The third-order valence-electron chi connectivity index (χ3n) is 3.64. The first kappa shape index (κ1) is 17.5. The lowest BCUT2D eigenvalue weighted by atomic mass is 10.0. The quantitative estimate of drug-likeness (QED) is 0.873. The predicted molar refractivity (Wildman–Crippen MR) is 87.7 cm³/mol. The van der Waals surface area contributed by atoms with E-state index >= 15 is 0 Å². The molecule has 2 N–H and O–H groups in total. The Morgan fingerprint density at radius 3 is 2.81 bits per heavy atom. The Morgan fingerprint density at radius 1 is 1.43 bits per heavy atom. The van der Waals surface area contributed by atoms with Crippen LogP contribution in [-0.4, -0.2) is 37.0 Å². The number of nitrogens with two attached hydrogens (primary N) is 1. The molecular formula is C16H23ClN2O2. The highest BCUT2D eigenvalue weighted by Crippen LogP contribution is 2.25. The molecule has 0 aromatic heterocycles. The summed E-state index contributed by atoms with van der Waals surface area (Å²) in [4.78, 5) is 14.1. The summed E-state index contributed by atoms with van der Waals surface area (Å²) in [5.74, 6) is 0.813. The number of amides is 1. The van der Waals surface area contributed by atoms with Crippen molar-refractivity contribution in [1.29, 1.82) is 0 Å². The van der Waals surface area contributed by atoms with Gasteiger partial charge in [-0.1, -0.05) is 18.2 Å². The predicted octanol–water partition coefficient (Wildman–Crippen LogP) is 2.47. The lowest BCUT2D eigenvalue weighted by Gasteiger charge is -2.30. The van der Waals surface area contributed by atoms with Crippen molar-refractivity contribution in [2.45, 2.75) is 25.8 Å². The fourth-order valence-electron chi connectivity index (χ4n) is 2.53. The van der Waals surface area contributed by atoms with Gasteiger partial charge in [0.1, 0.15) is 5.75 Å². The van der Waals surface area contributed by atoms with Crippen molar-refractivity contribution in [3.8, 4) is 5.75 Å². The lowest BCUT2D eigenvalue weighted by molar-refractivity contribution is -0.127. The van der Waals surface area contributed by atoms with Crippen LogP contribution in [0.5, 0.6) is 5.75 Å². The second-order valence-corrected chi connectivity index (χ2v) is 5.21. The standard InChI is InChI=1S/C16H22N2O2.ClH/c1-12(14-7-3-4-8-15(14)20-2)10-16(19)18-9-5-6-13(17)11-18;/h3-4,7-8,10,13H,5-6,9,11,17H2,1-2H3;1H. The summed E-state index contributed by atoms with van der Waals surface area (Å²) in [5, 5.41) is 0. The molecule has 21 heavy (non-hydrogen) atoms. The summed E-state index contributed by atoms with van der Waals surface area (Å²) in [6.45, 7) is 3.37. The third-order valence-corrected chi connectivity index (χ3v) is 3.64. The largest absolute Gasteiger partial charge is 0.496 e. The fourth-order valence-corrected chi connectivity index (χ4v) is 2.53. The van der Waals surface area contributed by atoms with Crippen LogP contribution in [0.2, 0.25) is 0 Å². The second-order valence-electron chi connectivity index (χ2n) is 5.21. The zero-order valence-corrected chi connectivity index (χ0v) is 13.4. The van der Waals surface area contributed by atoms with Crippen molar-refractivity contribution in [1.82, 2.24) is 4.90 Å². The smallest absolute Gasteiger partial charge is 0.246 e. The molecule has 0 radical (unpaired) electrons. The zero-order valence-electron chi connectivity index (χ0n) is 12.5. The first-order valence-electron chi connectivity index (χ1n) is 6.98. The number of para-hydroxylation sites is 1. The molecule has 1 aliphatic heterocycles. The highest BCUT2D eigenvalue weighted by Gasteiger charge is 2.20. The molecule has 1 amide bonds. The van der Waals surface area contributed by atoms with Crippen LogP contribution in [0.4, 0.5) is 0 Å². The summed E-state index contributed by atoms with van der Waals surface area (Å²) < 4.78 is 5.32. The molecule has 0 spiro atoms. The number of hydrogen-bond donors (Lipinski definition) is 1. The van der Waals surface area contributed by atoms with Gasteiger partial charge < -0.3 is 15.4 Å². The zero-order chi connectivity index (χ0) is 14.5. The number of rotatable bonds is 3. The van der Waals surface area contributed by atoms with E-state index < -0.39 is 0 Å². The van der Waals surface area contributed by atoms with E-state index in [2.05, 4.69) is 0 Å². The molecule has 1 saturated heterocycles. The Balaban J connectivity index is 0.00000220. The minimum Gasteiger partial charge on any atom is -0.496 e. The lowest BCUT2D eigenvalue weighted by Crippen LogP contribution is -2.45. The van der Waals surface area contributed by atoms with Crippen molar-refractivity contribution >= 4 is 23.9 Å². The van der Waals surface area contributed by atoms with Gasteiger partial charge in [-0.15, -0.1) is 12.4 Å². The Kier molecular flexibility index (Phi) is 6.72. The van der Waals surface area contributed by atoms with Gasteiger partial charge in [0.05, 0.1) is 7.11 Å². The molecule has 5 heteroatoms. The van der Waals surface area contributed by atoms with E-state index in [1.54, 1.807) is 13.2 Å². The van der Waals surface area contributed by atoms with Gasteiger partial charge in [-0.2, -0.15) is 0 Å². The molecule has 2 rings (SSSR count). The van der Waals surface area contributed by atoms with Gasteiger partial charge in [0, 0.05) is 30.8 Å². The molecule has 0 aliphatic carbocycles. The van der Waals surface area contributed by atoms with Crippen molar-refractivity contribution in [3.05, 3.63) is 35.9 Å². The number of ether oxygens (including phenoxy) is 1. The van der Waals surface area contributed by atoms with Crippen LogP contribution in [-0.2, 0) is 4.79 Å². The van der Waals surface area contributed by atoms with Gasteiger partial charge in [0.2, 0.25) is 5.91 Å². The third kappa shape index (κ3) is 4.48. The number of carbonyl (C=O) groups is 1.